The standard InChI is InChI=1S/C10H11IN4O2/c11-7-5-14-15-9(7)12-6-13-10(15)17-8-3-1-2-4-16-8/h5-6,8H,1-4H2. The first-order valence-electron chi connectivity index (χ1n) is 5.47. The lowest BCUT2D eigenvalue weighted by molar-refractivity contribution is -0.110. The van der Waals surface area contributed by atoms with Crippen LogP contribution in [0.1, 0.15) is 19.3 Å². The Hall–Kier alpha value is -0.960. The first-order valence-corrected chi connectivity index (χ1v) is 6.55. The number of nitrogens with zero attached hydrogens (tertiary/aromatic N) is 4. The summed E-state index contributed by atoms with van der Waals surface area (Å²) in [5.41, 5.74) is 0.756. The maximum Gasteiger partial charge on any atom is 0.323 e. The zero-order valence-electron chi connectivity index (χ0n) is 9.04. The second-order valence-corrected chi connectivity index (χ2v) is 4.96. The highest BCUT2D eigenvalue weighted by atomic mass is 127. The second-order valence-electron chi connectivity index (χ2n) is 3.80. The summed E-state index contributed by atoms with van der Waals surface area (Å²) in [5, 5.41) is 4.19. The Morgan fingerprint density at radius 1 is 1.41 bits per heavy atom. The molecule has 0 aliphatic carbocycles. The van der Waals surface area contributed by atoms with Crippen LogP contribution in [0.5, 0.6) is 6.01 Å². The first kappa shape index (κ1) is 11.1. The maximum atomic E-state index is 5.71. The lowest BCUT2D eigenvalue weighted by Gasteiger charge is -2.22. The monoisotopic (exact) mass is 346 g/mol. The van der Waals surface area contributed by atoms with Crippen molar-refractivity contribution >= 4 is 28.2 Å². The molecule has 1 aliphatic heterocycles. The second kappa shape index (κ2) is 4.73. The Kier molecular flexibility index (Phi) is 3.10. The van der Waals surface area contributed by atoms with Crippen LogP contribution in [0.25, 0.3) is 5.65 Å². The molecule has 3 rings (SSSR count). The van der Waals surface area contributed by atoms with Crippen molar-refractivity contribution in [3.63, 3.8) is 0 Å². The number of rotatable bonds is 2. The highest BCUT2D eigenvalue weighted by Gasteiger charge is 2.18. The van der Waals surface area contributed by atoms with Crippen molar-refractivity contribution < 1.29 is 9.47 Å². The number of halogens is 1. The lowest BCUT2D eigenvalue weighted by atomic mass is 10.2. The maximum absolute atomic E-state index is 5.71. The van der Waals surface area contributed by atoms with Gasteiger partial charge in [0.2, 0.25) is 6.29 Å². The molecule has 0 saturated carbocycles. The molecule has 1 atom stereocenters. The topological polar surface area (TPSA) is 61.5 Å². The van der Waals surface area contributed by atoms with Crippen molar-refractivity contribution in [3.8, 4) is 6.01 Å². The van der Waals surface area contributed by atoms with Gasteiger partial charge in [0.15, 0.2) is 5.65 Å². The minimum atomic E-state index is -0.219. The Bertz CT molecular complexity index is 524. The fourth-order valence-electron chi connectivity index (χ4n) is 1.77. The summed E-state index contributed by atoms with van der Waals surface area (Å²) >= 11 is 2.18. The van der Waals surface area contributed by atoms with Crippen LogP contribution in [-0.2, 0) is 4.74 Å². The van der Waals surface area contributed by atoms with E-state index in [1.807, 2.05) is 0 Å². The number of aromatic nitrogens is 4. The van der Waals surface area contributed by atoms with E-state index in [1.165, 1.54) is 6.33 Å². The van der Waals surface area contributed by atoms with Gasteiger partial charge >= 0.3 is 6.01 Å². The lowest BCUT2D eigenvalue weighted by Crippen LogP contribution is -2.26. The molecule has 0 aromatic carbocycles. The van der Waals surface area contributed by atoms with Crippen LogP contribution < -0.4 is 4.74 Å². The number of hydrogen-bond acceptors (Lipinski definition) is 5. The van der Waals surface area contributed by atoms with E-state index in [9.17, 15) is 0 Å². The Morgan fingerprint density at radius 2 is 2.35 bits per heavy atom. The normalized spacial score (nSPS) is 20.6. The molecule has 0 bridgehead atoms. The zero-order valence-corrected chi connectivity index (χ0v) is 11.2. The average Bonchev–Trinajstić information content (AvgIpc) is 2.74. The van der Waals surface area contributed by atoms with E-state index in [1.54, 1.807) is 10.7 Å². The predicted octanol–water partition coefficient (Wildman–Crippen LogP) is 1.63. The van der Waals surface area contributed by atoms with E-state index in [2.05, 4.69) is 37.7 Å². The molecule has 0 amide bonds. The largest absolute Gasteiger partial charge is 0.433 e. The Labute approximate surface area is 111 Å². The molecule has 0 N–H and O–H groups in total. The molecule has 7 heteroatoms. The van der Waals surface area contributed by atoms with Crippen LogP contribution in [-0.4, -0.2) is 32.5 Å². The van der Waals surface area contributed by atoms with Crippen molar-refractivity contribution in [3.05, 3.63) is 16.1 Å². The summed E-state index contributed by atoms with van der Waals surface area (Å²) in [6.07, 6.45) is 6.11. The van der Waals surface area contributed by atoms with E-state index < -0.39 is 0 Å². The quantitative estimate of drug-likeness (QED) is 0.774. The van der Waals surface area contributed by atoms with E-state index in [-0.39, 0.29) is 6.29 Å². The third-order valence-corrected chi connectivity index (χ3v) is 3.37. The van der Waals surface area contributed by atoms with E-state index in [0.717, 1.165) is 35.1 Å². The van der Waals surface area contributed by atoms with Gasteiger partial charge in [-0.1, -0.05) is 0 Å². The third kappa shape index (κ3) is 2.21. The summed E-state index contributed by atoms with van der Waals surface area (Å²) in [6, 6.07) is 0.435. The summed E-state index contributed by atoms with van der Waals surface area (Å²) < 4.78 is 13.8. The number of hydrogen-bond donors (Lipinski definition) is 0. The molecule has 17 heavy (non-hydrogen) atoms. The van der Waals surface area contributed by atoms with E-state index >= 15 is 0 Å². The zero-order chi connectivity index (χ0) is 11.7. The van der Waals surface area contributed by atoms with Gasteiger partial charge in [0.1, 0.15) is 6.33 Å². The highest BCUT2D eigenvalue weighted by molar-refractivity contribution is 14.1. The van der Waals surface area contributed by atoms with Crippen LogP contribution in [0.3, 0.4) is 0 Å². The predicted molar refractivity (Wildman–Crippen MR) is 67.7 cm³/mol. The van der Waals surface area contributed by atoms with Crippen LogP contribution >= 0.6 is 22.6 Å². The summed E-state index contributed by atoms with van der Waals surface area (Å²) in [5.74, 6) is 0. The van der Waals surface area contributed by atoms with Gasteiger partial charge in [0, 0.05) is 6.42 Å². The third-order valence-electron chi connectivity index (χ3n) is 2.60. The van der Waals surface area contributed by atoms with Crippen LogP contribution in [0, 0.1) is 3.57 Å². The number of fused-ring (bicyclic) bond motifs is 1. The van der Waals surface area contributed by atoms with Crippen LogP contribution in [0.2, 0.25) is 0 Å². The van der Waals surface area contributed by atoms with Crippen molar-refractivity contribution in [2.24, 2.45) is 0 Å². The van der Waals surface area contributed by atoms with Crippen LogP contribution in [0.4, 0.5) is 0 Å². The SMILES string of the molecule is Ic1cnn2c(OC3CCCCO3)ncnc12. The highest BCUT2D eigenvalue weighted by Crippen LogP contribution is 2.19. The van der Waals surface area contributed by atoms with E-state index in [0.29, 0.717) is 6.01 Å². The van der Waals surface area contributed by atoms with Crippen molar-refractivity contribution in [2.75, 3.05) is 6.61 Å². The Balaban J connectivity index is 1.89. The molecular weight excluding hydrogens is 335 g/mol. The van der Waals surface area contributed by atoms with Crippen molar-refractivity contribution in [1.82, 2.24) is 19.6 Å². The minimum absolute atomic E-state index is 0.219. The van der Waals surface area contributed by atoms with Crippen LogP contribution in [0.15, 0.2) is 12.5 Å². The van der Waals surface area contributed by atoms with Gasteiger partial charge in [-0.3, -0.25) is 0 Å². The van der Waals surface area contributed by atoms with Crippen molar-refractivity contribution in [1.29, 1.82) is 0 Å². The van der Waals surface area contributed by atoms with Gasteiger partial charge in [-0.15, -0.1) is 0 Å². The average molecular weight is 346 g/mol. The molecule has 1 fully saturated rings. The Morgan fingerprint density at radius 3 is 3.18 bits per heavy atom. The smallest absolute Gasteiger partial charge is 0.323 e. The number of ether oxygens (including phenoxy) is 2. The first-order chi connectivity index (χ1) is 8.34. The molecule has 2 aromatic rings. The summed E-state index contributed by atoms with van der Waals surface area (Å²) in [4.78, 5) is 8.25. The summed E-state index contributed by atoms with van der Waals surface area (Å²) in [7, 11) is 0. The molecule has 90 valence electrons. The van der Waals surface area contributed by atoms with Crippen molar-refractivity contribution in [2.45, 2.75) is 25.6 Å². The molecule has 2 aromatic heterocycles. The fourth-order valence-corrected chi connectivity index (χ4v) is 2.26. The molecule has 3 heterocycles. The molecular formula is C10H11IN4O2. The van der Waals surface area contributed by atoms with Gasteiger partial charge in [0.25, 0.3) is 0 Å². The molecule has 0 radical (unpaired) electrons. The molecule has 6 nitrogen and oxygen atoms in total. The van der Waals surface area contributed by atoms with Gasteiger partial charge in [-0.25, -0.2) is 4.98 Å². The molecule has 1 aliphatic rings. The molecule has 0 spiro atoms. The van der Waals surface area contributed by atoms with Gasteiger partial charge < -0.3 is 9.47 Å². The van der Waals surface area contributed by atoms with E-state index in [4.69, 9.17) is 9.47 Å². The van der Waals surface area contributed by atoms with Gasteiger partial charge in [-0.05, 0) is 35.4 Å². The molecule has 1 unspecified atom stereocenters. The van der Waals surface area contributed by atoms with Gasteiger partial charge in [-0.2, -0.15) is 14.6 Å². The van der Waals surface area contributed by atoms with Gasteiger partial charge in [0.05, 0.1) is 16.4 Å². The molecule has 1 saturated heterocycles. The summed E-state index contributed by atoms with van der Waals surface area (Å²) in [6.45, 7) is 0.746. The minimum Gasteiger partial charge on any atom is -0.433 e. The fraction of sp³-hybridized carbons (Fsp3) is 0.500.